The predicted octanol–water partition coefficient (Wildman–Crippen LogP) is 3.63. The quantitative estimate of drug-likeness (QED) is 0.347. The zero-order valence-corrected chi connectivity index (χ0v) is 19.4. The van der Waals surface area contributed by atoms with Crippen LogP contribution in [0, 0.1) is 0 Å². The Labute approximate surface area is 198 Å². The summed E-state index contributed by atoms with van der Waals surface area (Å²) < 4.78 is 35.6. The van der Waals surface area contributed by atoms with Gasteiger partial charge in [-0.05, 0) is 60.5 Å². The maximum Gasteiger partial charge on any atom is 0.245 e. The SMILES string of the molecule is CC(=O)COc1cccc(CN(Cc2ccc(-n3cccn3)cc2)S(=O)(=O)c2cccnc2)c1. The van der Waals surface area contributed by atoms with Crippen molar-refractivity contribution in [2.75, 3.05) is 6.61 Å². The number of carbonyl (C=O) groups excluding carboxylic acids is 1. The molecule has 4 rings (SSSR count). The van der Waals surface area contributed by atoms with Crippen molar-refractivity contribution in [2.24, 2.45) is 0 Å². The van der Waals surface area contributed by atoms with Crippen LogP contribution in [0.5, 0.6) is 5.75 Å². The number of rotatable bonds is 10. The Morgan fingerprint density at radius 1 is 0.971 bits per heavy atom. The van der Waals surface area contributed by atoms with Gasteiger partial charge in [0.2, 0.25) is 10.0 Å². The maximum absolute atomic E-state index is 13.5. The number of hydrogen-bond acceptors (Lipinski definition) is 6. The third kappa shape index (κ3) is 5.75. The fraction of sp³-hybridized carbons (Fsp3) is 0.160. The van der Waals surface area contributed by atoms with E-state index in [1.165, 1.54) is 29.7 Å². The Bertz CT molecular complexity index is 1340. The van der Waals surface area contributed by atoms with E-state index in [2.05, 4.69) is 10.1 Å². The number of ether oxygens (including phenoxy) is 1. The van der Waals surface area contributed by atoms with Crippen LogP contribution in [0.15, 0.2) is 96.4 Å². The van der Waals surface area contributed by atoms with E-state index in [-0.39, 0.29) is 30.4 Å². The van der Waals surface area contributed by atoms with Gasteiger partial charge in [0, 0.05) is 37.9 Å². The molecule has 2 aromatic heterocycles. The van der Waals surface area contributed by atoms with E-state index in [4.69, 9.17) is 4.74 Å². The highest BCUT2D eigenvalue weighted by atomic mass is 32.2. The summed E-state index contributed by atoms with van der Waals surface area (Å²) in [6.07, 6.45) is 6.42. The molecule has 8 nitrogen and oxygen atoms in total. The molecule has 0 spiro atoms. The molecule has 0 saturated heterocycles. The molecule has 0 aliphatic heterocycles. The van der Waals surface area contributed by atoms with Gasteiger partial charge in [0.1, 0.15) is 17.3 Å². The fourth-order valence-corrected chi connectivity index (χ4v) is 4.76. The molecule has 34 heavy (non-hydrogen) atoms. The molecule has 0 unspecified atom stereocenters. The van der Waals surface area contributed by atoms with E-state index in [0.29, 0.717) is 5.75 Å². The molecule has 0 aliphatic carbocycles. The van der Waals surface area contributed by atoms with Gasteiger partial charge in [0.15, 0.2) is 5.78 Å². The van der Waals surface area contributed by atoms with Crippen LogP contribution in [0.3, 0.4) is 0 Å². The minimum absolute atomic E-state index is 0.0379. The lowest BCUT2D eigenvalue weighted by Crippen LogP contribution is -2.30. The molecule has 0 amide bonds. The first-order valence-electron chi connectivity index (χ1n) is 10.6. The van der Waals surface area contributed by atoms with Gasteiger partial charge in [-0.15, -0.1) is 0 Å². The van der Waals surface area contributed by atoms with Gasteiger partial charge in [-0.2, -0.15) is 9.40 Å². The van der Waals surface area contributed by atoms with Gasteiger partial charge in [0.05, 0.1) is 5.69 Å². The molecule has 0 fully saturated rings. The maximum atomic E-state index is 13.5. The Kier molecular flexibility index (Phi) is 7.15. The number of hydrogen-bond donors (Lipinski definition) is 0. The number of nitrogens with zero attached hydrogens (tertiary/aromatic N) is 4. The molecule has 4 aromatic rings. The van der Waals surface area contributed by atoms with Crippen LogP contribution in [0.25, 0.3) is 5.69 Å². The highest BCUT2D eigenvalue weighted by Gasteiger charge is 2.25. The summed E-state index contributed by atoms with van der Waals surface area (Å²) in [4.78, 5) is 15.3. The van der Waals surface area contributed by atoms with Crippen LogP contribution >= 0.6 is 0 Å². The highest BCUT2D eigenvalue weighted by molar-refractivity contribution is 7.89. The molecular formula is C25H24N4O4S. The topological polar surface area (TPSA) is 94.4 Å². The molecule has 9 heteroatoms. The largest absolute Gasteiger partial charge is 0.486 e. The monoisotopic (exact) mass is 476 g/mol. The van der Waals surface area contributed by atoms with E-state index >= 15 is 0 Å². The summed E-state index contributed by atoms with van der Waals surface area (Å²) in [6, 6.07) is 19.6. The zero-order valence-electron chi connectivity index (χ0n) is 18.6. The van der Waals surface area contributed by atoms with E-state index < -0.39 is 10.0 Å². The molecule has 0 aliphatic rings. The van der Waals surface area contributed by atoms with Crippen molar-refractivity contribution in [3.63, 3.8) is 0 Å². The summed E-state index contributed by atoms with van der Waals surface area (Å²) in [7, 11) is -3.83. The van der Waals surface area contributed by atoms with Crippen LogP contribution in [-0.4, -0.2) is 39.9 Å². The van der Waals surface area contributed by atoms with Crippen LogP contribution in [0.4, 0.5) is 0 Å². The second-order valence-corrected chi connectivity index (χ2v) is 9.65. The second-order valence-electron chi connectivity index (χ2n) is 7.72. The number of carbonyl (C=O) groups is 1. The summed E-state index contributed by atoms with van der Waals surface area (Å²) >= 11 is 0. The van der Waals surface area contributed by atoms with Crippen molar-refractivity contribution in [3.05, 3.63) is 103 Å². The van der Waals surface area contributed by atoms with Gasteiger partial charge in [-0.3, -0.25) is 9.78 Å². The molecule has 0 atom stereocenters. The third-order valence-electron chi connectivity index (χ3n) is 5.04. The molecule has 174 valence electrons. The second kappa shape index (κ2) is 10.4. The van der Waals surface area contributed by atoms with Crippen LogP contribution in [0.1, 0.15) is 18.1 Å². The Morgan fingerprint density at radius 2 is 1.76 bits per heavy atom. The number of aromatic nitrogens is 3. The summed E-state index contributed by atoms with van der Waals surface area (Å²) in [5, 5.41) is 4.22. The zero-order chi connectivity index (χ0) is 24.0. The van der Waals surface area contributed by atoms with E-state index in [9.17, 15) is 13.2 Å². The minimum Gasteiger partial charge on any atom is -0.486 e. The average molecular weight is 477 g/mol. The number of ketones is 1. The van der Waals surface area contributed by atoms with Gasteiger partial charge < -0.3 is 4.74 Å². The predicted molar refractivity (Wildman–Crippen MR) is 127 cm³/mol. The summed E-state index contributed by atoms with van der Waals surface area (Å²) in [5.74, 6) is 0.416. The van der Waals surface area contributed by atoms with Gasteiger partial charge in [0.25, 0.3) is 0 Å². The highest BCUT2D eigenvalue weighted by Crippen LogP contribution is 2.23. The van der Waals surface area contributed by atoms with E-state index in [1.807, 2.05) is 42.6 Å². The first kappa shape index (κ1) is 23.3. The van der Waals surface area contributed by atoms with Crippen molar-refractivity contribution >= 4 is 15.8 Å². The Morgan fingerprint density at radius 3 is 2.44 bits per heavy atom. The lowest BCUT2D eigenvalue weighted by atomic mass is 10.2. The summed E-state index contributed by atoms with van der Waals surface area (Å²) in [6.45, 7) is 1.69. The standard InChI is InChI=1S/C25H24N4O4S/c1-20(30)19-33-24-6-2-5-22(15-24)18-28(34(31,32)25-7-3-12-26-16-25)17-21-8-10-23(11-9-21)29-14-4-13-27-29/h2-16H,17-19H2,1H3. The molecule has 0 N–H and O–H groups in total. The minimum atomic E-state index is -3.83. The van der Waals surface area contributed by atoms with Crippen molar-refractivity contribution in [3.8, 4) is 11.4 Å². The van der Waals surface area contributed by atoms with Crippen molar-refractivity contribution in [1.29, 1.82) is 0 Å². The number of benzene rings is 2. The molecule has 0 saturated carbocycles. The van der Waals surface area contributed by atoms with Crippen molar-refractivity contribution < 1.29 is 17.9 Å². The fourth-order valence-electron chi connectivity index (χ4n) is 3.38. The van der Waals surface area contributed by atoms with E-state index in [1.54, 1.807) is 35.1 Å². The Balaban J connectivity index is 1.61. The van der Waals surface area contributed by atoms with Crippen molar-refractivity contribution in [2.45, 2.75) is 24.9 Å². The van der Waals surface area contributed by atoms with Gasteiger partial charge in [-0.25, -0.2) is 13.1 Å². The van der Waals surface area contributed by atoms with Crippen molar-refractivity contribution in [1.82, 2.24) is 19.1 Å². The van der Waals surface area contributed by atoms with Gasteiger partial charge >= 0.3 is 0 Å². The molecule has 0 bridgehead atoms. The van der Waals surface area contributed by atoms with Crippen LogP contribution in [-0.2, 0) is 27.9 Å². The lowest BCUT2D eigenvalue weighted by Gasteiger charge is -2.23. The average Bonchev–Trinajstić information content (AvgIpc) is 3.39. The first-order valence-corrected chi connectivity index (χ1v) is 12.1. The molecule has 0 radical (unpaired) electrons. The molecule has 2 heterocycles. The third-order valence-corrected chi connectivity index (χ3v) is 6.81. The molecular weight excluding hydrogens is 452 g/mol. The smallest absolute Gasteiger partial charge is 0.245 e. The normalized spacial score (nSPS) is 11.5. The summed E-state index contributed by atoms with van der Waals surface area (Å²) in [5.41, 5.74) is 2.44. The van der Waals surface area contributed by atoms with Crippen LogP contribution < -0.4 is 4.74 Å². The van der Waals surface area contributed by atoms with Gasteiger partial charge in [-0.1, -0.05) is 24.3 Å². The molecule has 2 aromatic carbocycles. The number of pyridine rings is 1. The van der Waals surface area contributed by atoms with E-state index in [0.717, 1.165) is 16.8 Å². The number of Topliss-reactive ketones (excluding diaryl/α,β-unsaturated/α-hetero) is 1. The first-order chi connectivity index (χ1) is 16.4. The van der Waals surface area contributed by atoms with Crippen LogP contribution in [0.2, 0.25) is 0 Å². The Hall–Kier alpha value is -3.82. The lowest BCUT2D eigenvalue weighted by molar-refractivity contribution is -0.118. The number of sulfonamides is 1.